The highest BCUT2D eigenvalue weighted by Gasteiger charge is 2.52. The number of amides is 4. The highest BCUT2D eigenvalue weighted by Crippen LogP contribution is 2.55. The van der Waals surface area contributed by atoms with Crippen LogP contribution in [0.25, 0.3) is 0 Å². The number of rotatable bonds is 40. The molecule has 0 radical (unpaired) electrons. The molecule has 0 bridgehead atoms. The van der Waals surface area contributed by atoms with Gasteiger partial charge in [-0.05, 0) is 122 Å². The van der Waals surface area contributed by atoms with Gasteiger partial charge in [-0.25, -0.2) is 19.2 Å². The molecule has 0 aliphatic heterocycles. The number of nitrogens with one attached hydrogen (secondary N) is 4. The van der Waals surface area contributed by atoms with Gasteiger partial charge in [-0.2, -0.15) is 0 Å². The Morgan fingerprint density at radius 2 is 0.471 bits per heavy atom. The topological polar surface area (TPSA) is 227 Å². The van der Waals surface area contributed by atoms with E-state index in [1.807, 2.05) is 0 Å². The molecule has 12 atom stereocenters. The summed E-state index contributed by atoms with van der Waals surface area (Å²) in [5, 5.41) is 11.2. The Morgan fingerprint density at radius 3 is 0.671 bits per heavy atom. The fraction of sp³-hybridized carbons (Fsp3) is 0.815. The van der Waals surface area contributed by atoms with Crippen molar-refractivity contribution in [2.75, 3.05) is 158 Å². The maximum Gasteiger partial charge on any atom is 0.407 e. The maximum atomic E-state index is 12.5. The normalized spacial score (nSPS) is 27.9. The van der Waals surface area contributed by atoms with E-state index in [1.54, 1.807) is 0 Å². The van der Waals surface area contributed by atoms with E-state index in [-0.39, 0.29) is 106 Å². The summed E-state index contributed by atoms with van der Waals surface area (Å²) in [6.45, 7) is 6.84. The number of carbonyl (C=O) groups excluding carboxylic acids is 4. The van der Waals surface area contributed by atoms with Gasteiger partial charge in [-0.1, -0.05) is 0 Å². The highest BCUT2D eigenvalue weighted by molar-refractivity contribution is 5.68. The van der Waals surface area contributed by atoms with Crippen molar-refractivity contribution in [3.8, 4) is 47.4 Å². The van der Waals surface area contributed by atoms with Crippen molar-refractivity contribution in [2.45, 2.75) is 103 Å². The fourth-order valence-electron chi connectivity index (χ4n) is 13.2. The molecule has 8 rings (SSSR count). The molecular weight excluding hydrogens is 1090 g/mol. The molecule has 4 amide bonds. The third-order valence-electron chi connectivity index (χ3n) is 18.2. The van der Waals surface area contributed by atoms with Gasteiger partial charge < -0.3 is 78.1 Å². The maximum absolute atomic E-state index is 12.5. The van der Waals surface area contributed by atoms with Crippen LogP contribution in [-0.2, 0) is 56.8 Å². The average Bonchev–Trinajstić information content (AvgIpc) is 3.52. The van der Waals surface area contributed by atoms with Gasteiger partial charge in [0.05, 0.1) is 138 Å². The van der Waals surface area contributed by atoms with E-state index in [4.69, 9.17) is 56.8 Å². The van der Waals surface area contributed by atoms with Gasteiger partial charge in [0.25, 0.3) is 0 Å². The van der Waals surface area contributed by atoms with Crippen LogP contribution < -0.4 is 21.3 Å². The van der Waals surface area contributed by atoms with E-state index in [2.05, 4.69) is 68.6 Å². The Morgan fingerprint density at radius 1 is 0.282 bits per heavy atom. The molecule has 0 aromatic carbocycles. The summed E-state index contributed by atoms with van der Waals surface area (Å²) in [7, 11) is 0. The SMILES string of the molecule is O=C(NCCOCCOCC(COCCOCCNC(=O)OCC1[C@H]2CCC#CCC[C@@H]12)(COCCOCCNC(=O)OCC1[C@H]2CCC#CCC[C@@H]12)COCCOCCNC(=O)OCC1[C@H]2CCC#CCC[C@@H]12)OCC1[C@H]2CCC#CCC[C@@H]12. The van der Waals surface area contributed by atoms with Gasteiger partial charge in [0.1, 0.15) is 0 Å². The van der Waals surface area contributed by atoms with E-state index >= 15 is 0 Å². The minimum Gasteiger partial charge on any atom is -0.449 e. The lowest BCUT2D eigenvalue weighted by molar-refractivity contribution is -0.121. The summed E-state index contributed by atoms with van der Waals surface area (Å²) in [6, 6.07) is 0. The fourth-order valence-corrected chi connectivity index (χ4v) is 13.2. The molecule has 0 heterocycles. The molecule has 20 nitrogen and oxygen atoms in total. The van der Waals surface area contributed by atoms with Gasteiger partial charge in [-0.15, -0.1) is 47.4 Å². The molecule has 0 saturated heterocycles. The molecule has 85 heavy (non-hydrogen) atoms. The Labute approximate surface area is 504 Å². The second-order valence-corrected chi connectivity index (χ2v) is 24.0. The summed E-state index contributed by atoms with van der Waals surface area (Å²) >= 11 is 0. The largest absolute Gasteiger partial charge is 0.449 e. The van der Waals surface area contributed by atoms with Gasteiger partial charge in [0.2, 0.25) is 0 Å². The molecular formula is C65H96N4O16. The molecule has 8 aliphatic carbocycles. The molecule has 4 fully saturated rings. The van der Waals surface area contributed by atoms with E-state index in [9.17, 15) is 19.2 Å². The van der Waals surface area contributed by atoms with Crippen molar-refractivity contribution < 1.29 is 76.0 Å². The van der Waals surface area contributed by atoms with E-state index in [0.717, 1.165) is 103 Å². The van der Waals surface area contributed by atoms with E-state index < -0.39 is 29.8 Å². The first-order valence-corrected chi connectivity index (χ1v) is 32.0. The van der Waals surface area contributed by atoms with Crippen molar-refractivity contribution in [1.82, 2.24) is 21.3 Å². The molecule has 4 unspecified atom stereocenters. The van der Waals surface area contributed by atoms with Crippen LogP contribution in [-0.4, -0.2) is 183 Å². The van der Waals surface area contributed by atoms with Gasteiger partial charge in [-0.3, -0.25) is 0 Å². The number of alkyl carbamates (subject to hydrolysis) is 4. The van der Waals surface area contributed by atoms with Crippen LogP contribution in [0.2, 0.25) is 0 Å². The van der Waals surface area contributed by atoms with Crippen LogP contribution in [0.4, 0.5) is 19.2 Å². The molecule has 4 N–H and O–H groups in total. The van der Waals surface area contributed by atoms with Gasteiger partial charge in [0, 0.05) is 77.5 Å². The van der Waals surface area contributed by atoms with Crippen LogP contribution in [0.3, 0.4) is 0 Å². The highest BCUT2D eigenvalue weighted by atomic mass is 16.6. The average molecular weight is 1190 g/mol. The summed E-state index contributed by atoms with van der Waals surface area (Å²) in [6.07, 6.45) is 14.2. The second kappa shape index (κ2) is 37.6. The lowest BCUT2D eigenvalue weighted by Gasteiger charge is -2.33. The quantitative estimate of drug-likeness (QED) is 0.0282. The molecule has 0 spiro atoms. The van der Waals surface area contributed by atoms with Gasteiger partial charge >= 0.3 is 24.4 Å². The first-order valence-electron chi connectivity index (χ1n) is 32.0. The first-order chi connectivity index (χ1) is 41.9. The van der Waals surface area contributed by atoms with Crippen LogP contribution in [0, 0.1) is 124 Å². The second-order valence-electron chi connectivity index (χ2n) is 24.0. The molecule has 472 valence electrons. The molecule has 0 aromatic rings. The van der Waals surface area contributed by atoms with Crippen molar-refractivity contribution >= 4 is 24.4 Å². The molecule has 8 aliphatic rings. The van der Waals surface area contributed by atoms with E-state index in [1.165, 1.54) is 0 Å². The summed E-state index contributed by atoms with van der Waals surface area (Å²) in [4.78, 5) is 49.9. The standard InChI is InChI=1S/C65H96N4O16/c70-61(82-41-57-49-17-9-1-2-10-18-50(49)57)66-25-29-74-33-37-78-45-65(46-79-38-34-75-30-26-67-62(71)83-42-58-51-19-11-3-4-12-20-52(51)58,47-80-39-35-76-31-27-68-63(72)84-43-59-53-21-13-5-6-14-22-54(53)59)48-81-40-36-77-32-28-69-64(73)85-44-60-55-23-15-7-8-16-24-56(55)60/h49-60H,9-48H2,(H,66,70)(H,67,71)(H,68,72)(H,69,73)/t49-,50+,51-,52+,53-,54+,55-,56+,57?,58?,59?,60?,65?. The number of carbonyl (C=O) groups is 4. The third-order valence-corrected chi connectivity index (χ3v) is 18.2. The Balaban J connectivity index is 0.737. The zero-order chi connectivity index (χ0) is 59.0. The Kier molecular flexibility index (Phi) is 29.2. The predicted octanol–water partition coefficient (Wildman–Crippen LogP) is 6.77. The third kappa shape index (κ3) is 24.2. The zero-order valence-corrected chi connectivity index (χ0v) is 50.2. The van der Waals surface area contributed by atoms with Crippen LogP contribution in [0.15, 0.2) is 0 Å². The number of hydrogen-bond acceptors (Lipinski definition) is 16. The lowest BCUT2D eigenvalue weighted by Crippen LogP contribution is -2.43. The monoisotopic (exact) mass is 1190 g/mol. The number of hydrogen-bond donors (Lipinski definition) is 4. The molecule has 0 aromatic heterocycles. The molecule has 20 heteroatoms. The van der Waals surface area contributed by atoms with E-state index in [0.29, 0.717) is 124 Å². The zero-order valence-electron chi connectivity index (χ0n) is 50.2. The first kappa shape index (κ1) is 66.0. The van der Waals surface area contributed by atoms with Crippen molar-refractivity contribution in [2.24, 2.45) is 76.4 Å². The van der Waals surface area contributed by atoms with Crippen molar-refractivity contribution in [3.63, 3.8) is 0 Å². The minimum absolute atomic E-state index is 0.186. The Hall–Kier alpha value is -5.00. The Bertz CT molecular complexity index is 1920. The van der Waals surface area contributed by atoms with Crippen LogP contribution >= 0.6 is 0 Å². The summed E-state index contributed by atoms with van der Waals surface area (Å²) < 4.78 is 70.4. The lowest BCUT2D eigenvalue weighted by atomic mass is 9.92. The number of fused-ring (bicyclic) bond motifs is 4. The molecule has 4 saturated carbocycles. The summed E-state index contributed by atoms with van der Waals surface area (Å²) in [5.74, 6) is 32.3. The van der Waals surface area contributed by atoms with Crippen molar-refractivity contribution in [3.05, 3.63) is 0 Å². The predicted molar refractivity (Wildman–Crippen MR) is 313 cm³/mol. The van der Waals surface area contributed by atoms with Crippen LogP contribution in [0.1, 0.15) is 103 Å². The minimum atomic E-state index is -0.795. The number of ether oxygens (including phenoxy) is 12. The van der Waals surface area contributed by atoms with Crippen LogP contribution in [0.5, 0.6) is 0 Å². The van der Waals surface area contributed by atoms with Crippen molar-refractivity contribution in [1.29, 1.82) is 0 Å². The summed E-state index contributed by atoms with van der Waals surface area (Å²) in [5.41, 5.74) is -0.795. The van der Waals surface area contributed by atoms with Gasteiger partial charge in [0.15, 0.2) is 0 Å². The smallest absolute Gasteiger partial charge is 0.407 e.